The van der Waals surface area contributed by atoms with Gasteiger partial charge >= 0.3 is 5.97 Å². The molecular weight excluding hydrogens is 520 g/mol. The average Bonchev–Trinajstić information content (AvgIpc) is 3.25. The van der Waals surface area contributed by atoms with Crippen molar-refractivity contribution in [2.75, 3.05) is 13.7 Å². The number of carbonyl (C=O) groups excluding carboxylic acids is 3. The first-order valence-electron chi connectivity index (χ1n) is 12.9. The van der Waals surface area contributed by atoms with Crippen LogP contribution in [0.25, 0.3) is 11.1 Å². The van der Waals surface area contributed by atoms with E-state index in [1.54, 1.807) is 6.07 Å². The van der Waals surface area contributed by atoms with Gasteiger partial charge in [0.25, 0.3) is 0 Å². The average molecular weight is 547 g/mol. The van der Waals surface area contributed by atoms with Gasteiger partial charge in [0.05, 0.1) is 30.4 Å². The number of aryl methyl sites for hydroxylation is 1. The number of phenolic OH excluding ortho intramolecular Hbond substituents is 4. The van der Waals surface area contributed by atoms with Crippen molar-refractivity contribution in [1.82, 2.24) is 0 Å². The van der Waals surface area contributed by atoms with Gasteiger partial charge in [0, 0.05) is 33.4 Å². The van der Waals surface area contributed by atoms with Gasteiger partial charge in [-0.25, -0.2) is 4.79 Å². The lowest BCUT2D eigenvalue weighted by Crippen LogP contribution is -2.24. The zero-order valence-electron chi connectivity index (χ0n) is 22.0. The summed E-state index contributed by atoms with van der Waals surface area (Å²) in [5, 5.41) is 43.9. The van der Waals surface area contributed by atoms with E-state index in [0.29, 0.717) is 29.7 Å². The molecule has 0 bridgehead atoms. The number of methoxy groups -OCH3 is 1. The van der Waals surface area contributed by atoms with Crippen molar-refractivity contribution in [2.24, 2.45) is 0 Å². The van der Waals surface area contributed by atoms with Crippen molar-refractivity contribution in [3.05, 3.63) is 62.2 Å². The van der Waals surface area contributed by atoms with Gasteiger partial charge in [-0.05, 0) is 43.9 Å². The van der Waals surface area contributed by atoms with Gasteiger partial charge in [-0.15, -0.1) is 0 Å². The van der Waals surface area contributed by atoms with Crippen LogP contribution in [0.4, 0.5) is 0 Å². The number of hydrogen-bond donors (Lipinski definition) is 4. The van der Waals surface area contributed by atoms with E-state index >= 15 is 0 Å². The Morgan fingerprint density at radius 3 is 2.30 bits per heavy atom. The van der Waals surface area contributed by atoms with Crippen LogP contribution in [0.2, 0.25) is 0 Å². The predicted octanol–water partition coefficient (Wildman–Crippen LogP) is 4.35. The first-order valence-corrected chi connectivity index (χ1v) is 12.9. The van der Waals surface area contributed by atoms with Crippen LogP contribution in [-0.4, -0.2) is 51.7 Å². The normalized spacial score (nSPS) is 16.6. The number of rotatable bonds is 5. The third kappa shape index (κ3) is 3.29. The van der Waals surface area contributed by atoms with E-state index in [9.17, 15) is 34.8 Å². The van der Waals surface area contributed by atoms with Crippen LogP contribution < -0.4 is 4.74 Å². The molecule has 1 heterocycles. The lowest BCUT2D eigenvalue weighted by atomic mass is 9.75. The van der Waals surface area contributed by atoms with E-state index in [4.69, 9.17) is 14.2 Å². The molecule has 1 unspecified atom stereocenters. The molecule has 6 rings (SSSR count). The zero-order chi connectivity index (χ0) is 28.6. The third-order valence-corrected chi connectivity index (χ3v) is 7.93. The molecule has 3 aromatic carbocycles. The lowest BCUT2D eigenvalue weighted by Gasteiger charge is -2.30. The topological polar surface area (TPSA) is 160 Å². The summed E-state index contributed by atoms with van der Waals surface area (Å²) in [6, 6.07) is 2.77. The Balaban J connectivity index is 1.60. The summed E-state index contributed by atoms with van der Waals surface area (Å²) in [6.07, 6.45) is 1.30. The van der Waals surface area contributed by atoms with E-state index < -0.39 is 46.8 Å². The number of ether oxygens (including phenoxy) is 3. The Hall–Kier alpha value is -4.57. The van der Waals surface area contributed by atoms with Gasteiger partial charge < -0.3 is 34.6 Å². The molecule has 2 aliphatic carbocycles. The maximum atomic E-state index is 13.7. The second-order valence-electron chi connectivity index (χ2n) is 10.1. The van der Waals surface area contributed by atoms with Gasteiger partial charge in [-0.1, -0.05) is 13.3 Å². The maximum absolute atomic E-state index is 13.7. The fourth-order valence-electron chi connectivity index (χ4n) is 5.92. The van der Waals surface area contributed by atoms with Gasteiger partial charge in [0.2, 0.25) is 12.1 Å². The Bertz CT molecular complexity index is 1680. The van der Waals surface area contributed by atoms with E-state index in [1.807, 2.05) is 6.92 Å². The van der Waals surface area contributed by atoms with Crippen molar-refractivity contribution in [1.29, 1.82) is 0 Å². The quantitative estimate of drug-likeness (QED) is 0.209. The highest BCUT2D eigenvalue weighted by Gasteiger charge is 2.44. The monoisotopic (exact) mass is 546 g/mol. The van der Waals surface area contributed by atoms with Crippen molar-refractivity contribution in [3.8, 4) is 39.9 Å². The highest BCUT2D eigenvalue weighted by molar-refractivity contribution is 6.32. The molecule has 206 valence electrons. The minimum atomic E-state index is -0.974. The summed E-state index contributed by atoms with van der Waals surface area (Å²) in [7, 11) is 1.32. The first-order chi connectivity index (χ1) is 19.1. The van der Waals surface area contributed by atoms with Crippen LogP contribution in [0, 0.1) is 6.92 Å². The maximum Gasteiger partial charge on any atom is 0.345 e. The molecule has 4 N–H and O–H groups in total. The van der Waals surface area contributed by atoms with Crippen LogP contribution in [-0.2, 0) is 22.3 Å². The van der Waals surface area contributed by atoms with E-state index in [-0.39, 0.29) is 56.7 Å². The molecule has 0 spiro atoms. The fraction of sp³-hybridized carbons (Fsp3) is 0.300. The van der Waals surface area contributed by atoms with E-state index in [1.165, 1.54) is 14.0 Å². The smallest absolute Gasteiger partial charge is 0.345 e. The largest absolute Gasteiger partial charge is 0.508 e. The molecule has 0 saturated carbocycles. The second kappa shape index (κ2) is 8.99. The van der Waals surface area contributed by atoms with Crippen molar-refractivity contribution >= 4 is 17.5 Å². The van der Waals surface area contributed by atoms with Gasteiger partial charge in [0.15, 0.2) is 5.78 Å². The molecule has 40 heavy (non-hydrogen) atoms. The molecule has 0 radical (unpaired) electrons. The minimum Gasteiger partial charge on any atom is -0.508 e. The number of hydrogen-bond acceptors (Lipinski definition) is 10. The van der Waals surface area contributed by atoms with Crippen LogP contribution in [0.1, 0.15) is 90.5 Å². The Labute approximate surface area is 228 Å². The number of ketones is 2. The van der Waals surface area contributed by atoms with E-state index in [2.05, 4.69) is 0 Å². The standard InChI is InChI=1S/C30H26O10/c1-4-5-8-39-30-15-9-12-6-7-13-18(17(12)25(34)20(15)29(37)40-30)26(35)21-22(28(13)38-3)27(36)19-14(24(21)33)10-16(31)11(2)23(19)32/h9-10,30-32,34-35H,4-8H2,1-3H3. The number of fused-ring (bicyclic) bond motifs is 6. The second-order valence-corrected chi connectivity index (χ2v) is 10.1. The molecule has 0 saturated heterocycles. The summed E-state index contributed by atoms with van der Waals surface area (Å²) in [5.41, 5.74) is 0.286. The van der Waals surface area contributed by atoms with Crippen molar-refractivity contribution < 1.29 is 49.0 Å². The third-order valence-electron chi connectivity index (χ3n) is 7.93. The lowest BCUT2D eigenvalue weighted by molar-refractivity contribution is -0.104. The van der Waals surface area contributed by atoms with Gasteiger partial charge in [0.1, 0.15) is 34.3 Å². The number of unbranched alkanes of at least 4 members (excludes halogenated alkanes) is 1. The number of carbonyl (C=O) groups is 3. The predicted molar refractivity (Wildman–Crippen MR) is 140 cm³/mol. The summed E-state index contributed by atoms with van der Waals surface area (Å²) in [4.78, 5) is 40.2. The highest BCUT2D eigenvalue weighted by Crippen LogP contribution is 2.55. The van der Waals surface area contributed by atoms with Crippen LogP contribution in [0.3, 0.4) is 0 Å². The number of benzene rings is 3. The molecule has 10 heteroatoms. The molecule has 3 aromatic rings. The minimum absolute atomic E-state index is 0.0193. The molecule has 3 aliphatic rings. The first kappa shape index (κ1) is 25.7. The summed E-state index contributed by atoms with van der Waals surface area (Å²) in [5.74, 6) is -4.26. The van der Waals surface area contributed by atoms with Crippen LogP contribution in [0.5, 0.6) is 28.7 Å². The van der Waals surface area contributed by atoms with E-state index in [0.717, 1.165) is 18.9 Å². The van der Waals surface area contributed by atoms with Crippen LogP contribution >= 0.6 is 0 Å². The molecule has 0 fully saturated rings. The molecule has 0 aromatic heterocycles. The van der Waals surface area contributed by atoms with Crippen molar-refractivity contribution in [3.63, 3.8) is 0 Å². The summed E-state index contributed by atoms with van der Waals surface area (Å²) >= 11 is 0. The van der Waals surface area contributed by atoms with Crippen molar-refractivity contribution in [2.45, 2.75) is 45.8 Å². The van der Waals surface area contributed by atoms with Gasteiger partial charge in [-0.3, -0.25) is 9.59 Å². The summed E-state index contributed by atoms with van der Waals surface area (Å²) < 4.78 is 16.7. The number of esters is 1. The molecule has 1 aliphatic heterocycles. The molecule has 10 nitrogen and oxygen atoms in total. The van der Waals surface area contributed by atoms with Crippen LogP contribution in [0.15, 0.2) is 12.1 Å². The molecular formula is C30H26O10. The molecule has 1 atom stereocenters. The number of phenols is 4. The number of aromatic hydroxyl groups is 4. The Morgan fingerprint density at radius 1 is 0.875 bits per heavy atom. The Kier molecular flexibility index (Phi) is 5.77. The van der Waals surface area contributed by atoms with Gasteiger partial charge in [-0.2, -0.15) is 0 Å². The molecule has 0 amide bonds. The SMILES string of the molecule is CCCCOC1OC(=O)c2c1cc1c(c2O)-c2c(O)c3c(c(OC)c2CC1)C(=O)c1c(cc(O)c(C)c1O)C3=O. The zero-order valence-corrected chi connectivity index (χ0v) is 22.0. The Morgan fingerprint density at radius 2 is 1.60 bits per heavy atom. The summed E-state index contributed by atoms with van der Waals surface area (Å²) in [6.45, 7) is 3.77. The fourth-order valence-corrected chi connectivity index (χ4v) is 5.92. The highest BCUT2D eigenvalue weighted by atomic mass is 16.7. The number of cyclic esters (lactones) is 1.